The molecule has 0 aliphatic rings. The van der Waals surface area contributed by atoms with E-state index in [1.165, 1.54) is 12.1 Å². The van der Waals surface area contributed by atoms with E-state index in [1.807, 2.05) is 43.3 Å². The average molecular weight is 375 g/mol. The summed E-state index contributed by atoms with van der Waals surface area (Å²) in [6.45, 7) is 2.07. The zero-order chi connectivity index (χ0) is 19.2. The van der Waals surface area contributed by atoms with Crippen molar-refractivity contribution in [3.05, 3.63) is 54.1 Å². The van der Waals surface area contributed by atoms with Gasteiger partial charge in [-0.2, -0.15) is 0 Å². The first-order valence-electron chi connectivity index (χ1n) is 8.47. The number of anilines is 2. The first kappa shape index (κ1) is 19.9. The molecule has 0 atom stereocenters. The largest absolute Gasteiger partial charge is 0.378 e. The third-order valence-corrected chi connectivity index (χ3v) is 5.40. The molecule has 7 heteroatoms. The van der Waals surface area contributed by atoms with Gasteiger partial charge in [-0.15, -0.1) is 0 Å². The number of hydrogen-bond donors (Lipinski definition) is 2. The van der Waals surface area contributed by atoms with Crippen LogP contribution in [0.1, 0.15) is 18.9 Å². The molecule has 0 saturated carbocycles. The molecular weight excluding hydrogens is 350 g/mol. The van der Waals surface area contributed by atoms with Gasteiger partial charge in [0, 0.05) is 38.4 Å². The van der Waals surface area contributed by atoms with Crippen LogP contribution in [0.25, 0.3) is 0 Å². The van der Waals surface area contributed by atoms with Gasteiger partial charge in [0.25, 0.3) is 0 Å². The van der Waals surface area contributed by atoms with Crippen LogP contribution in [0.5, 0.6) is 0 Å². The fraction of sp³-hybridized carbons (Fsp3) is 0.316. The molecule has 6 nitrogen and oxygen atoms in total. The highest BCUT2D eigenvalue weighted by molar-refractivity contribution is 7.89. The average Bonchev–Trinajstić information content (AvgIpc) is 2.62. The van der Waals surface area contributed by atoms with Crippen LogP contribution in [0.15, 0.2) is 53.4 Å². The molecule has 0 bridgehead atoms. The Morgan fingerprint density at radius 1 is 1.00 bits per heavy atom. The number of hydrogen-bond acceptors (Lipinski definition) is 4. The maximum Gasteiger partial charge on any atom is 0.240 e. The molecule has 2 aromatic rings. The summed E-state index contributed by atoms with van der Waals surface area (Å²) in [6.07, 6.45) is 0.981. The molecule has 0 heterocycles. The van der Waals surface area contributed by atoms with E-state index in [9.17, 15) is 13.2 Å². The number of sulfonamides is 1. The molecule has 26 heavy (non-hydrogen) atoms. The zero-order valence-electron chi connectivity index (χ0n) is 15.3. The highest BCUT2D eigenvalue weighted by Gasteiger charge is 2.13. The Balaban J connectivity index is 1.92. The predicted molar refractivity (Wildman–Crippen MR) is 105 cm³/mol. The summed E-state index contributed by atoms with van der Waals surface area (Å²) in [5, 5.41) is 2.69. The molecule has 140 valence electrons. The van der Waals surface area contributed by atoms with Crippen molar-refractivity contribution in [1.82, 2.24) is 4.72 Å². The van der Waals surface area contributed by atoms with E-state index in [1.54, 1.807) is 19.1 Å². The maximum absolute atomic E-state index is 12.4. The van der Waals surface area contributed by atoms with Crippen molar-refractivity contribution in [3.8, 4) is 0 Å². The summed E-state index contributed by atoms with van der Waals surface area (Å²) < 4.78 is 27.3. The molecule has 0 radical (unpaired) electrons. The number of carbonyl (C=O) groups excluding carboxylic acids is 1. The van der Waals surface area contributed by atoms with Gasteiger partial charge < -0.3 is 10.2 Å². The van der Waals surface area contributed by atoms with Crippen molar-refractivity contribution < 1.29 is 13.2 Å². The van der Waals surface area contributed by atoms with Gasteiger partial charge in [0.15, 0.2) is 0 Å². The molecule has 0 fully saturated rings. The van der Waals surface area contributed by atoms with Crippen molar-refractivity contribution >= 4 is 27.3 Å². The number of nitrogens with one attached hydrogen (secondary N) is 2. The lowest BCUT2D eigenvalue weighted by Crippen LogP contribution is -2.26. The van der Waals surface area contributed by atoms with Crippen LogP contribution in [0, 0.1) is 0 Å². The summed E-state index contributed by atoms with van der Waals surface area (Å²) in [7, 11) is 0.375. The molecule has 1 amide bonds. The van der Waals surface area contributed by atoms with E-state index >= 15 is 0 Å². The second kappa shape index (κ2) is 8.82. The van der Waals surface area contributed by atoms with Crippen molar-refractivity contribution in [3.63, 3.8) is 0 Å². The van der Waals surface area contributed by atoms with Crippen LogP contribution in [-0.4, -0.2) is 35.0 Å². The highest BCUT2D eigenvalue weighted by atomic mass is 32.2. The molecule has 0 spiro atoms. The van der Waals surface area contributed by atoms with Gasteiger partial charge in [-0.3, -0.25) is 4.79 Å². The molecule has 0 aliphatic carbocycles. The number of carbonyl (C=O) groups is 1. The lowest BCUT2D eigenvalue weighted by Gasteiger charge is -2.13. The third-order valence-electron chi connectivity index (χ3n) is 3.93. The van der Waals surface area contributed by atoms with Gasteiger partial charge in [0.2, 0.25) is 15.9 Å². The van der Waals surface area contributed by atoms with Crippen molar-refractivity contribution in [2.75, 3.05) is 30.9 Å². The topological polar surface area (TPSA) is 78.5 Å². The second-order valence-electron chi connectivity index (χ2n) is 6.13. The zero-order valence-corrected chi connectivity index (χ0v) is 16.1. The monoisotopic (exact) mass is 375 g/mol. The minimum Gasteiger partial charge on any atom is -0.378 e. The van der Waals surface area contributed by atoms with Gasteiger partial charge in [-0.1, -0.05) is 19.1 Å². The molecule has 0 saturated heterocycles. The standard InChI is InChI=1S/C19H25N3O3S/c1-4-19(23)21-16-7-11-18(12-8-16)26(24,25)20-14-13-15-5-9-17(10-6-15)22(2)3/h5-12,20H,4,13-14H2,1-3H3,(H,21,23). The number of rotatable bonds is 8. The summed E-state index contributed by atoms with van der Waals surface area (Å²) in [5.41, 5.74) is 2.75. The van der Waals surface area contributed by atoms with Crippen LogP contribution >= 0.6 is 0 Å². The smallest absolute Gasteiger partial charge is 0.240 e. The Morgan fingerprint density at radius 3 is 2.15 bits per heavy atom. The lowest BCUT2D eigenvalue weighted by molar-refractivity contribution is -0.115. The summed E-state index contributed by atoms with van der Waals surface area (Å²) in [4.78, 5) is 13.5. The molecule has 0 aromatic heterocycles. The first-order valence-corrected chi connectivity index (χ1v) is 9.96. The summed E-state index contributed by atoms with van der Waals surface area (Å²) >= 11 is 0. The molecule has 0 aliphatic heterocycles. The molecule has 2 rings (SSSR count). The van der Waals surface area contributed by atoms with Gasteiger partial charge in [-0.25, -0.2) is 13.1 Å². The number of benzene rings is 2. The minimum absolute atomic E-state index is 0.112. The van der Waals surface area contributed by atoms with Crippen LogP contribution in [-0.2, 0) is 21.2 Å². The van der Waals surface area contributed by atoms with E-state index in [2.05, 4.69) is 10.0 Å². The van der Waals surface area contributed by atoms with E-state index in [-0.39, 0.29) is 10.8 Å². The Labute approximate surface area is 155 Å². The number of amides is 1. The van der Waals surface area contributed by atoms with Crippen molar-refractivity contribution in [1.29, 1.82) is 0 Å². The van der Waals surface area contributed by atoms with Crippen LogP contribution < -0.4 is 14.9 Å². The van der Waals surface area contributed by atoms with Gasteiger partial charge in [0.1, 0.15) is 0 Å². The first-order chi connectivity index (χ1) is 12.3. The molecular formula is C19H25N3O3S. The third kappa shape index (κ3) is 5.57. The molecule has 2 aromatic carbocycles. The lowest BCUT2D eigenvalue weighted by atomic mass is 10.1. The fourth-order valence-electron chi connectivity index (χ4n) is 2.34. The summed E-state index contributed by atoms with van der Waals surface area (Å²) in [5.74, 6) is -0.112. The van der Waals surface area contributed by atoms with Crippen molar-refractivity contribution in [2.24, 2.45) is 0 Å². The Kier molecular flexibility index (Phi) is 6.76. The van der Waals surface area contributed by atoms with E-state index in [0.717, 1.165) is 11.3 Å². The van der Waals surface area contributed by atoms with Gasteiger partial charge >= 0.3 is 0 Å². The second-order valence-corrected chi connectivity index (χ2v) is 7.90. The van der Waals surface area contributed by atoms with Gasteiger partial charge in [0.05, 0.1) is 4.90 Å². The molecule has 2 N–H and O–H groups in total. The number of nitrogens with zero attached hydrogens (tertiary/aromatic N) is 1. The highest BCUT2D eigenvalue weighted by Crippen LogP contribution is 2.15. The minimum atomic E-state index is -3.57. The maximum atomic E-state index is 12.4. The molecule has 0 unspecified atom stereocenters. The quantitative estimate of drug-likeness (QED) is 0.743. The Hall–Kier alpha value is -2.38. The fourth-order valence-corrected chi connectivity index (χ4v) is 3.37. The predicted octanol–water partition coefficient (Wildman–Crippen LogP) is 2.62. The van der Waals surface area contributed by atoms with E-state index in [0.29, 0.717) is 25.1 Å². The Morgan fingerprint density at radius 2 is 1.62 bits per heavy atom. The van der Waals surface area contributed by atoms with E-state index < -0.39 is 10.0 Å². The van der Waals surface area contributed by atoms with Crippen molar-refractivity contribution in [2.45, 2.75) is 24.7 Å². The van der Waals surface area contributed by atoms with Gasteiger partial charge in [-0.05, 0) is 48.4 Å². The summed E-state index contributed by atoms with van der Waals surface area (Å²) in [6, 6.07) is 14.1. The van der Waals surface area contributed by atoms with E-state index in [4.69, 9.17) is 0 Å². The van der Waals surface area contributed by atoms with Crippen LogP contribution in [0.4, 0.5) is 11.4 Å². The van der Waals surface area contributed by atoms with Crippen LogP contribution in [0.2, 0.25) is 0 Å². The Bertz CT molecular complexity index is 829. The SMILES string of the molecule is CCC(=O)Nc1ccc(S(=O)(=O)NCCc2ccc(N(C)C)cc2)cc1. The normalized spacial score (nSPS) is 11.2. The van der Waals surface area contributed by atoms with Crippen LogP contribution in [0.3, 0.4) is 0 Å².